The predicted molar refractivity (Wildman–Crippen MR) is 153 cm³/mol. The lowest BCUT2D eigenvalue weighted by Gasteiger charge is -2.44. The molecule has 2 amide bonds. The Morgan fingerprint density at radius 1 is 0.897 bits per heavy atom. The van der Waals surface area contributed by atoms with Crippen molar-refractivity contribution in [2.45, 2.75) is 44.6 Å². The number of hydrogen-bond donors (Lipinski definition) is 1. The zero-order chi connectivity index (χ0) is 27.0. The van der Waals surface area contributed by atoms with Crippen LogP contribution in [0.15, 0.2) is 78.9 Å². The van der Waals surface area contributed by atoms with Crippen LogP contribution in [-0.4, -0.2) is 48.1 Å². The number of nitriles is 1. The summed E-state index contributed by atoms with van der Waals surface area (Å²) in [4.78, 5) is 18.2. The molecule has 3 aromatic carbocycles. The van der Waals surface area contributed by atoms with Crippen LogP contribution in [0.3, 0.4) is 0 Å². The fourth-order valence-corrected chi connectivity index (χ4v) is 6.25. The van der Waals surface area contributed by atoms with E-state index in [0.717, 1.165) is 64.7 Å². The van der Waals surface area contributed by atoms with E-state index >= 15 is 0 Å². The van der Waals surface area contributed by atoms with Gasteiger partial charge in [-0.2, -0.15) is 5.26 Å². The average Bonchev–Trinajstić information content (AvgIpc) is 2.97. The van der Waals surface area contributed by atoms with Crippen LogP contribution in [0, 0.1) is 29.0 Å². The largest absolute Gasteiger partial charge is 0.322 e. The SMILES string of the molecule is N#Cc1cccc(NC(=O)N2CCC[C@@H](CN3CCC(Cc4ccc(F)cc4)CC3)[C@H]2Cc2ccccc2)c1. The van der Waals surface area contributed by atoms with Crippen molar-refractivity contribution in [1.82, 2.24) is 9.80 Å². The lowest BCUT2D eigenvalue weighted by Crippen LogP contribution is -2.54. The highest BCUT2D eigenvalue weighted by molar-refractivity contribution is 5.89. The highest BCUT2D eigenvalue weighted by Crippen LogP contribution is 2.30. The van der Waals surface area contributed by atoms with Crippen LogP contribution in [-0.2, 0) is 12.8 Å². The number of urea groups is 1. The third kappa shape index (κ3) is 7.25. The van der Waals surface area contributed by atoms with Crippen LogP contribution < -0.4 is 5.32 Å². The zero-order valence-electron chi connectivity index (χ0n) is 22.4. The van der Waals surface area contributed by atoms with E-state index in [1.165, 1.54) is 11.1 Å². The first kappa shape index (κ1) is 26.9. The molecule has 0 bridgehead atoms. The van der Waals surface area contributed by atoms with Crippen molar-refractivity contribution in [3.8, 4) is 6.07 Å². The monoisotopic (exact) mass is 524 g/mol. The van der Waals surface area contributed by atoms with Crippen molar-refractivity contribution >= 4 is 11.7 Å². The quantitative estimate of drug-likeness (QED) is 0.383. The lowest BCUT2D eigenvalue weighted by molar-refractivity contribution is 0.0791. The van der Waals surface area contributed by atoms with Gasteiger partial charge in [-0.1, -0.05) is 48.5 Å². The summed E-state index contributed by atoms with van der Waals surface area (Å²) in [5.41, 5.74) is 3.65. The highest BCUT2D eigenvalue weighted by Gasteiger charge is 2.36. The number of carbonyl (C=O) groups excluding carboxylic acids is 1. The zero-order valence-corrected chi connectivity index (χ0v) is 22.4. The van der Waals surface area contributed by atoms with Gasteiger partial charge in [-0.15, -0.1) is 0 Å². The number of benzene rings is 3. The van der Waals surface area contributed by atoms with Gasteiger partial charge >= 0.3 is 6.03 Å². The van der Waals surface area contributed by atoms with Crippen molar-refractivity contribution < 1.29 is 9.18 Å². The molecule has 0 unspecified atom stereocenters. The van der Waals surface area contributed by atoms with Crippen LogP contribution in [0.5, 0.6) is 0 Å². The minimum Gasteiger partial charge on any atom is -0.321 e. The van der Waals surface area contributed by atoms with Crippen LogP contribution in [0.1, 0.15) is 42.4 Å². The van der Waals surface area contributed by atoms with E-state index in [2.05, 4.69) is 40.6 Å². The predicted octanol–water partition coefficient (Wildman–Crippen LogP) is 6.51. The molecule has 2 aliphatic heterocycles. The number of carbonyl (C=O) groups is 1. The maximum atomic E-state index is 13.5. The van der Waals surface area contributed by atoms with Crippen molar-refractivity contribution in [1.29, 1.82) is 5.26 Å². The molecule has 0 spiro atoms. The summed E-state index contributed by atoms with van der Waals surface area (Å²) in [5, 5.41) is 12.3. The van der Waals surface area contributed by atoms with E-state index in [9.17, 15) is 14.4 Å². The number of likely N-dealkylation sites (tertiary alicyclic amines) is 2. The summed E-state index contributed by atoms with van der Waals surface area (Å²) in [6, 6.07) is 26.7. The fourth-order valence-electron chi connectivity index (χ4n) is 6.25. The lowest BCUT2D eigenvalue weighted by atomic mass is 9.83. The molecule has 1 N–H and O–H groups in total. The molecule has 2 saturated heterocycles. The van der Waals surface area contributed by atoms with Gasteiger partial charge in [0.25, 0.3) is 0 Å². The molecule has 0 aliphatic carbocycles. The Hall–Kier alpha value is -3.69. The van der Waals surface area contributed by atoms with Crippen LogP contribution >= 0.6 is 0 Å². The molecule has 0 radical (unpaired) electrons. The third-order valence-electron chi connectivity index (χ3n) is 8.35. The number of nitrogens with zero attached hydrogens (tertiary/aromatic N) is 3. The first-order valence-electron chi connectivity index (χ1n) is 14.2. The van der Waals surface area contributed by atoms with Gasteiger partial charge in [0.05, 0.1) is 11.6 Å². The Kier molecular flexibility index (Phi) is 8.90. The average molecular weight is 525 g/mol. The maximum Gasteiger partial charge on any atom is 0.322 e. The van der Waals surface area contributed by atoms with Crippen molar-refractivity contribution in [2.75, 3.05) is 31.5 Å². The van der Waals surface area contributed by atoms with Crippen LogP contribution in [0.2, 0.25) is 0 Å². The Labute approximate surface area is 231 Å². The van der Waals surface area contributed by atoms with Crippen LogP contribution in [0.4, 0.5) is 14.9 Å². The summed E-state index contributed by atoms with van der Waals surface area (Å²) < 4.78 is 13.3. The normalized spacial score (nSPS) is 20.4. The van der Waals surface area contributed by atoms with E-state index in [1.807, 2.05) is 29.2 Å². The molecule has 39 heavy (non-hydrogen) atoms. The molecule has 0 aromatic heterocycles. The minimum atomic E-state index is -0.176. The molecule has 2 aliphatic rings. The first-order chi connectivity index (χ1) is 19.1. The van der Waals surface area contributed by atoms with Gasteiger partial charge < -0.3 is 15.1 Å². The second kappa shape index (κ2) is 12.9. The number of anilines is 1. The molecule has 5 nitrogen and oxygen atoms in total. The smallest absolute Gasteiger partial charge is 0.321 e. The third-order valence-corrected chi connectivity index (χ3v) is 8.35. The summed E-state index contributed by atoms with van der Waals surface area (Å²) in [6.45, 7) is 3.85. The Bertz CT molecular complexity index is 1260. The minimum absolute atomic E-state index is 0.0891. The summed E-state index contributed by atoms with van der Waals surface area (Å²) in [6.07, 6.45) is 6.23. The number of amides is 2. The van der Waals surface area contributed by atoms with E-state index in [-0.39, 0.29) is 17.9 Å². The van der Waals surface area contributed by atoms with Gasteiger partial charge in [-0.25, -0.2) is 9.18 Å². The molecular formula is C33H37FN4O. The van der Waals surface area contributed by atoms with E-state index in [4.69, 9.17) is 0 Å². The molecule has 6 heteroatoms. The summed E-state index contributed by atoms with van der Waals surface area (Å²) in [5.74, 6) is 0.845. The number of rotatable bonds is 7. The fraction of sp³-hybridized carbons (Fsp3) is 0.394. The Balaban J connectivity index is 1.24. The standard InChI is InChI=1S/C33H37FN4O/c34-30-13-11-26(12-14-30)20-27-15-18-37(19-16-27)24-29-9-5-17-38(32(29)22-25-6-2-1-3-7-25)33(39)36-31-10-4-8-28(21-31)23-35/h1-4,6-8,10-14,21,27,29,32H,5,9,15-20,22,24H2,(H,36,39)/t29-,32+/m0/s1. The van der Waals surface area contributed by atoms with Gasteiger partial charge in [-0.05, 0) is 105 Å². The molecule has 0 saturated carbocycles. The molecule has 202 valence electrons. The number of hydrogen-bond acceptors (Lipinski definition) is 3. The van der Waals surface area contributed by atoms with Gasteiger partial charge in [0, 0.05) is 24.8 Å². The van der Waals surface area contributed by atoms with Gasteiger partial charge in [0.1, 0.15) is 5.82 Å². The maximum absolute atomic E-state index is 13.5. The Morgan fingerprint density at radius 2 is 1.64 bits per heavy atom. The van der Waals surface area contributed by atoms with E-state index < -0.39 is 0 Å². The van der Waals surface area contributed by atoms with Crippen molar-refractivity contribution in [2.24, 2.45) is 11.8 Å². The van der Waals surface area contributed by atoms with Crippen molar-refractivity contribution in [3.05, 3.63) is 101 Å². The molecule has 5 rings (SSSR count). The van der Waals surface area contributed by atoms with Gasteiger partial charge in [0.15, 0.2) is 0 Å². The van der Waals surface area contributed by atoms with E-state index in [0.29, 0.717) is 23.1 Å². The van der Waals surface area contributed by atoms with Crippen LogP contribution in [0.25, 0.3) is 0 Å². The van der Waals surface area contributed by atoms with E-state index in [1.54, 1.807) is 30.3 Å². The summed E-state index contributed by atoms with van der Waals surface area (Å²) >= 11 is 0. The molecule has 2 atom stereocenters. The molecular weight excluding hydrogens is 487 g/mol. The second-order valence-electron chi connectivity index (χ2n) is 11.1. The topological polar surface area (TPSA) is 59.4 Å². The second-order valence-corrected chi connectivity index (χ2v) is 11.1. The number of nitrogens with one attached hydrogen (secondary N) is 1. The number of halogens is 1. The molecule has 3 aromatic rings. The molecule has 2 fully saturated rings. The van der Waals surface area contributed by atoms with Gasteiger partial charge in [-0.3, -0.25) is 0 Å². The van der Waals surface area contributed by atoms with Gasteiger partial charge in [0.2, 0.25) is 0 Å². The highest BCUT2D eigenvalue weighted by atomic mass is 19.1. The molecule has 2 heterocycles. The summed E-state index contributed by atoms with van der Waals surface area (Å²) in [7, 11) is 0. The first-order valence-corrected chi connectivity index (χ1v) is 14.2. The number of piperidine rings is 2. The Morgan fingerprint density at radius 3 is 2.38 bits per heavy atom. The van der Waals surface area contributed by atoms with Crippen molar-refractivity contribution in [3.63, 3.8) is 0 Å².